The average molecular weight is 302 g/mol. The molecule has 0 saturated heterocycles. The van der Waals surface area contributed by atoms with Crippen LogP contribution in [0.4, 0.5) is 0 Å². The van der Waals surface area contributed by atoms with Gasteiger partial charge in [-0.25, -0.2) is 0 Å². The molecule has 3 rings (SSSR count). The molecule has 0 saturated carbocycles. The number of methoxy groups -OCH3 is 1. The Kier molecular flexibility index (Phi) is 4.36. The normalized spacial score (nSPS) is 16.6. The van der Waals surface area contributed by atoms with E-state index in [9.17, 15) is 5.11 Å². The molecular weight excluding hydrogens is 284 g/mol. The van der Waals surface area contributed by atoms with Gasteiger partial charge in [-0.05, 0) is 29.3 Å². The Bertz CT molecular complexity index is 627. The topological polar surface area (TPSA) is 38.7 Å². The first-order chi connectivity index (χ1) is 10.3. The molecule has 110 valence electrons. The van der Waals surface area contributed by atoms with Crippen LogP contribution >= 0.6 is 11.8 Å². The van der Waals surface area contributed by atoms with Crippen LogP contribution in [0.2, 0.25) is 0 Å². The number of aliphatic hydroxyl groups is 1. The van der Waals surface area contributed by atoms with E-state index in [0.717, 1.165) is 11.3 Å². The molecule has 1 N–H and O–H groups in total. The lowest BCUT2D eigenvalue weighted by atomic mass is 10.0. The fraction of sp³-hybridized carbons (Fsp3) is 0.294. The summed E-state index contributed by atoms with van der Waals surface area (Å²) in [6, 6.07) is 14.0. The standard InChI is InChI=1S/C17H18O3S/c1-19-15-7-6-12(9-18)8-16(15)20-10-13-11-21-17-5-3-2-4-14(13)17/h2-8,13,18H,9-11H2,1H3. The number of rotatable bonds is 5. The van der Waals surface area contributed by atoms with Crippen molar-refractivity contribution >= 4 is 11.8 Å². The maximum Gasteiger partial charge on any atom is 0.161 e. The molecule has 0 spiro atoms. The minimum Gasteiger partial charge on any atom is -0.493 e. The molecule has 1 aliphatic heterocycles. The average Bonchev–Trinajstić information content (AvgIpc) is 2.96. The van der Waals surface area contributed by atoms with Crippen LogP contribution in [-0.4, -0.2) is 24.6 Å². The van der Waals surface area contributed by atoms with E-state index >= 15 is 0 Å². The van der Waals surface area contributed by atoms with E-state index in [1.54, 1.807) is 7.11 Å². The quantitative estimate of drug-likeness (QED) is 0.918. The number of hydrogen-bond donors (Lipinski definition) is 1. The highest BCUT2D eigenvalue weighted by Gasteiger charge is 2.23. The van der Waals surface area contributed by atoms with Crippen molar-refractivity contribution in [1.29, 1.82) is 0 Å². The van der Waals surface area contributed by atoms with Crippen molar-refractivity contribution in [3.05, 3.63) is 53.6 Å². The van der Waals surface area contributed by atoms with Crippen LogP contribution in [0.5, 0.6) is 11.5 Å². The second-order valence-electron chi connectivity index (χ2n) is 5.00. The van der Waals surface area contributed by atoms with Crippen molar-refractivity contribution in [1.82, 2.24) is 0 Å². The predicted molar refractivity (Wildman–Crippen MR) is 84.3 cm³/mol. The van der Waals surface area contributed by atoms with Gasteiger partial charge in [0, 0.05) is 16.6 Å². The zero-order valence-corrected chi connectivity index (χ0v) is 12.7. The molecule has 0 amide bonds. The second-order valence-corrected chi connectivity index (χ2v) is 6.06. The smallest absolute Gasteiger partial charge is 0.161 e. The first kappa shape index (κ1) is 14.3. The fourth-order valence-electron chi connectivity index (χ4n) is 2.49. The molecule has 1 unspecified atom stereocenters. The first-order valence-electron chi connectivity index (χ1n) is 6.94. The Hall–Kier alpha value is -1.65. The van der Waals surface area contributed by atoms with Gasteiger partial charge in [0.2, 0.25) is 0 Å². The van der Waals surface area contributed by atoms with Crippen LogP contribution in [0, 0.1) is 0 Å². The fourth-order valence-corrected chi connectivity index (χ4v) is 3.72. The summed E-state index contributed by atoms with van der Waals surface area (Å²) in [6.07, 6.45) is 0. The van der Waals surface area contributed by atoms with E-state index in [-0.39, 0.29) is 6.61 Å². The van der Waals surface area contributed by atoms with Crippen LogP contribution in [0.3, 0.4) is 0 Å². The van der Waals surface area contributed by atoms with Crippen molar-refractivity contribution in [2.24, 2.45) is 0 Å². The lowest BCUT2D eigenvalue weighted by Crippen LogP contribution is -2.10. The van der Waals surface area contributed by atoms with E-state index in [1.165, 1.54) is 10.5 Å². The summed E-state index contributed by atoms with van der Waals surface area (Å²) in [6.45, 7) is 0.623. The third-order valence-electron chi connectivity index (χ3n) is 3.65. The molecule has 2 aromatic rings. The molecule has 0 aliphatic carbocycles. The van der Waals surface area contributed by atoms with Crippen molar-refractivity contribution in [2.45, 2.75) is 17.4 Å². The van der Waals surface area contributed by atoms with E-state index in [1.807, 2.05) is 30.0 Å². The number of thioether (sulfide) groups is 1. The Labute approximate surface area is 128 Å². The highest BCUT2D eigenvalue weighted by Crippen LogP contribution is 2.40. The monoisotopic (exact) mass is 302 g/mol. The Morgan fingerprint density at radius 2 is 2.05 bits per heavy atom. The molecule has 3 nitrogen and oxygen atoms in total. The van der Waals surface area contributed by atoms with Crippen LogP contribution in [0.15, 0.2) is 47.4 Å². The van der Waals surface area contributed by atoms with Gasteiger partial charge >= 0.3 is 0 Å². The van der Waals surface area contributed by atoms with Gasteiger partial charge in [0.05, 0.1) is 20.3 Å². The van der Waals surface area contributed by atoms with Crippen LogP contribution < -0.4 is 9.47 Å². The second kappa shape index (κ2) is 6.41. The maximum absolute atomic E-state index is 9.24. The van der Waals surface area contributed by atoms with Gasteiger partial charge < -0.3 is 14.6 Å². The molecule has 1 atom stereocenters. The molecule has 0 radical (unpaired) electrons. The minimum absolute atomic E-state index is 0.00245. The van der Waals surface area contributed by atoms with Crippen molar-refractivity contribution < 1.29 is 14.6 Å². The largest absolute Gasteiger partial charge is 0.493 e. The molecule has 0 aromatic heterocycles. The molecule has 1 heterocycles. The number of hydrogen-bond acceptors (Lipinski definition) is 4. The maximum atomic E-state index is 9.24. The lowest BCUT2D eigenvalue weighted by Gasteiger charge is -2.15. The third kappa shape index (κ3) is 3.01. The van der Waals surface area contributed by atoms with Gasteiger partial charge in [-0.2, -0.15) is 0 Å². The summed E-state index contributed by atoms with van der Waals surface area (Å²) in [5.41, 5.74) is 2.19. The lowest BCUT2D eigenvalue weighted by molar-refractivity contribution is 0.269. The number of aliphatic hydroxyl groups excluding tert-OH is 1. The van der Waals surface area contributed by atoms with Crippen molar-refractivity contribution in [3.8, 4) is 11.5 Å². The zero-order valence-electron chi connectivity index (χ0n) is 11.9. The third-order valence-corrected chi connectivity index (χ3v) is 4.90. The molecule has 4 heteroatoms. The number of benzene rings is 2. The molecule has 2 aromatic carbocycles. The zero-order chi connectivity index (χ0) is 14.7. The molecule has 0 bridgehead atoms. The van der Waals surface area contributed by atoms with Gasteiger partial charge in [-0.3, -0.25) is 0 Å². The van der Waals surface area contributed by atoms with Gasteiger partial charge in [-0.1, -0.05) is 24.3 Å². The number of fused-ring (bicyclic) bond motifs is 1. The summed E-state index contributed by atoms with van der Waals surface area (Å²) in [5, 5.41) is 9.24. The van der Waals surface area contributed by atoms with Crippen molar-refractivity contribution in [3.63, 3.8) is 0 Å². The van der Waals surface area contributed by atoms with Gasteiger partial charge in [0.15, 0.2) is 11.5 Å². The summed E-state index contributed by atoms with van der Waals surface area (Å²) in [5.74, 6) is 2.83. The number of ether oxygens (including phenoxy) is 2. The van der Waals surface area contributed by atoms with Gasteiger partial charge in [-0.15, -0.1) is 11.8 Å². The minimum atomic E-state index is 0.00245. The molecular formula is C17H18O3S. The summed E-state index contributed by atoms with van der Waals surface area (Å²) in [7, 11) is 1.63. The Balaban J connectivity index is 1.74. The van der Waals surface area contributed by atoms with Crippen LogP contribution in [0.1, 0.15) is 17.0 Å². The highest BCUT2D eigenvalue weighted by atomic mass is 32.2. The predicted octanol–water partition coefficient (Wildman–Crippen LogP) is 3.46. The summed E-state index contributed by atoms with van der Waals surface area (Å²) < 4.78 is 11.3. The molecule has 1 aliphatic rings. The highest BCUT2D eigenvalue weighted by molar-refractivity contribution is 7.99. The van der Waals surface area contributed by atoms with E-state index in [4.69, 9.17) is 9.47 Å². The van der Waals surface area contributed by atoms with Gasteiger partial charge in [0.25, 0.3) is 0 Å². The van der Waals surface area contributed by atoms with Crippen LogP contribution in [0.25, 0.3) is 0 Å². The van der Waals surface area contributed by atoms with Crippen LogP contribution in [-0.2, 0) is 6.61 Å². The van der Waals surface area contributed by atoms with Gasteiger partial charge in [0.1, 0.15) is 0 Å². The first-order valence-corrected chi connectivity index (χ1v) is 7.92. The summed E-state index contributed by atoms with van der Waals surface area (Å²) in [4.78, 5) is 1.35. The van der Waals surface area contributed by atoms with E-state index in [0.29, 0.717) is 24.0 Å². The van der Waals surface area contributed by atoms with Crippen molar-refractivity contribution in [2.75, 3.05) is 19.5 Å². The molecule has 21 heavy (non-hydrogen) atoms. The molecule has 0 fully saturated rings. The SMILES string of the molecule is COc1ccc(CO)cc1OCC1CSc2ccccc21. The Morgan fingerprint density at radius 1 is 1.19 bits per heavy atom. The Morgan fingerprint density at radius 3 is 2.86 bits per heavy atom. The van der Waals surface area contributed by atoms with E-state index in [2.05, 4.69) is 24.3 Å². The van der Waals surface area contributed by atoms with E-state index < -0.39 is 0 Å². The summed E-state index contributed by atoms with van der Waals surface area (Å²) >= 11 is 1.88.